The van der Waals surface area contributed by atoms with E-state index >= 15 is 0 Å². The average molecular weight is 394 g/mol. The fourth-order valence-electron chi connectivity index (χ4n) is 3.62. The van der Waals surface area contributed by atoms with E-state index in [4.69, 9.17) is 16.5 Å². The Morgan fingerprint density at radius 1 is 0.933 bits per heavy atom. The minimum Gasteiger partial charge on any atom is -0.363 e. The van der Waals surface area contributed by atoms with Crippen molar-refractivity contribution in [3.63, 3.8) is 0 Å². The fourth-order valence-corrected chi connectivity index (χ4v) is 3.62. The summed E-state index contributed by atoms with van der Waals surface area (Å²) >= 11 is 0. The molecule has 0 bridgehead atoms. The van der Waals surface area contributed by atoms with Crippen molar-refractivity contribution >= 4 is 22.5 Å². The van der Waals surface area contributed by atoms with Gasteiger partial charge in [-0.2, -0.15) is 0 Å². The zero-order valence-corrected chi connectivity index (χ0v) is 16.0. The van der Waals surface area contributed by atoms with Gasteiger partial charge in [0.2, 0.25) is 5.82 Å². The molecule has 0 atom stereocenters. The number of nitrogens with two attached hydrogens (primary N) is 2. The third kappa shape index (κ3) is 2.89. The van der Waals surface area contributed by atoms with Crippen molar-refractivity contribution in [1.82, 2.24) is 19.6 Å². The standard InChI is InChI=1S/C23H18N6O/c24-13-14-6-8-16(9-7-14)20-17(15-4-2-1-3-5-15)12-18-19(26-20)10-11-29-22(18)27-28-23(29)21(25)30/h1-12H,13,24H2,(H2,25,30). The van der Waals surface area contributed by atoms with Crippen LogP contribution in [0.3, 0.4) is 0 Å². The predicted molar refractivity (Wildman–Crippen MR) is 116 cm³/mol. The van der Waals surface area contributed by atoms with E-state index in [-0.39, 0.29) is 5.82 Å². The van der Waals surface area contributed by atoms with Gasteiger partial charge < -0.3 is 11.5 Å². The van der Waals surface area contributed by atoms with Crippen LogP contribution in [-0.4, -0.2) is 25.5 Å². The molecule has 0 radical (unpaired) electrons. The summed E-state index contributed by atoms with van der Waals surface area (Å²) in [6.45, 7) is 0.490. The van der Waals surface area contributed by atoms with Crippen LogP contribution in [0.5, 0.6) is 0 Å². The third-order valence-corrected chi connectivity index (χ3v) is 5.14. The lowest BCUT2D eigenvalue weighted by Gasteiger charge is -2.12. The maximum absolute atomic E-state index is 11.7. The van der Waals surface area contributed by atoms with Gasteiger partial charge in [0, 0.05) is 29.3 Å². The van der Waals surface area contributed by atoms with E-state index in [1.807, 2.05) is 66.7 Å². The Morgan fingerprint density at radius 3 is 2.40 bits per heavy atom. The Balaban J connectivity index is 1.82. The molecule has 0 unspecified atom stereocenters. The van der Waals surface area contributed by atoms with Gasteiger partial charge in [-0.05, 0) is 23.3 Å². The van der Waals surface area contributed by atoms with Crippen molar-refractivity contribution < 1.29 is 4.79 Å². The normalized spacial score (nSPS) is 11.2. The van der Waals surface area contributed by atoms with E-state index in [9.17, 15) is 4.79 Å². The molecule has 5 aromatic rings. The van der Waals surface area contributed by atoms with E-state index in [2.05, 4.69) is 10.2 Å². The molecule has 7 heteroatoms. The van der Waals surface area contributed by atoms with Crippen molar-refractivity contribution in [3.05, 3.63) is 84.3 Å². The number of pyridine rings is 2. The Morgan fingerprint density at radius 2 is 1.70 bits per heavy atom. The molecule has 5 rings (SSSR count). The number of amides is 1. The largest absolute Gasteiger partial charge is 0.363 e. The van der Waals surface area contributed by atoms with E-state index < -0.39 is 5.91 Å². The summed E-state index contributed by atoms with van der Waals surface area (Å²) in [6, 6.07) is 22.0. The zero-order valence-electron chi connectivity index (χ0n) is 16.0. The number of hydrogen-bond donors (Lipinski definition) is 2. The van der Waals surface area contributed by atoms with Gasteiger partial charge >= 0.3 is 0 Å². The first-order valence-electron chi connectivity index (χ1n) is 9.49. The number of hydrogen-bond acceptors (Lipinski definition) is 5. The summed E-state index contributed by atoms with van der Waals surface area (Å²) in [7, 11) is 0. The summed E-state index contributed by atoms with van der Waals surface area (Å²) in [6.07, 6.45) is 1.72. The topological polar surface area (TPSA) is 112 Å². The lowest BCUT2D eigenvalue weighted by Crippen LogP contribution is -2.15. The Kier molecular flexibility index (Phi) is 4.22. The minimum atomic E-state index is -0.630. The highest BCUT2D eigenvalue weighted by molar-refractivity contribution is 5.99. The molecule has 0 spiro atoms. The molecular formula is C23H18N6O. The predicted octanol–water partition coefficient (Wildman–Crippen LogP) is 3.17. The number of rotatable bonds is 4. The number of nitrogens with zero attached hydrogens (tertiary/aromatic N) is 4. The van der Waals surface area contributed by atoms with Crippen LogP contribution in [0.25, 0.3) is 38.9 Å². The molecule has 0 fully saturated rings. The van der Waals surface area contributed by atoms with Crippen molar-refractivity contribution in [3.8, 4) is 22.4 Å². The number of carbonyl (C=O) groups excluding carboxylic acids is 1. The van der Waals surface area contributed by atoms with Crippen LogP contribution < -0.4 is 11.5 Å². The van der Waals surface area contributed by atoms with Gasteiger partial charge in [0.1, 0.15) is 0 Å². The molecule has 3 heterocycles. The third-order valence-electron chi connectivity index (χ3n) is 5.14. The lowest BCUT2D eigenvalue weighted by atomic mass is 9.97. The minimum absolute atomic E-state index is 0.0922. The summed E-state index contributed by atoms with van der Waals surface area (Å²) in [4.78, 5) is 16.6. The van der Waals surface area contributed by atoms with Gasteiger partial charge in [0.05, 0.1) is 11.2 Å². The molecule has 30 heavy (non-hydrogen) atoms. The van der Waals surface area contributed by atoms with E-state index in [1.165, 1.54) is 0 Å². The van der Waals surface area contributed by atoms with E-state index in [0.717, 1.165) is 38.9 Å². The fraction of sp³-hybridized carbons (Fsp3) is 0.0435. The second kappa shape index (κ2) is 7.06. The van der Waals surface area contributed by atoms with Crippen molar-refractivity contribution in [2.45, 2.75) is 6.54 Å². The Labute approximate surface area is 172 Å². The second-order valence-electron chi connectivity index (χ2n) is 6.98. The highest BCUT2D eigenvalue weighted by Gasteiger charge is 2.17. The van der Waals surface area contributed by atoms with Crippen molar-refractivity contribution in [2.24, 2.45) is 11.5 Å². The molecule has 0 aliphatic heterocycles. The summed E-state index contributed by atoms with van der Waals surface area (Å²) in [5.74, 6) is -0.538. The van der Waals surface area contributed by atoms with Crippen LogP contribution in [0.4, 0.5) is 0 Å². The average Bonchev–Trinajstić information content (AvgIpc) is 3.24. The van der Waals surface area contributed by atoms with Gasteiger partial charge in [-0.25, -0.2) is 4.98 Å². The van der Waals surface area contributed by atoms with Gasteiger partial charge in [-0.3, -0.25) is 9.20 Å². The zero-order chi connectivity index (χ0) is 20.7. The molecule has 0 saturated heterocycles. The molecular weight excluding hydrogens is 376 g/mol. The molecule has 1 amide bonds. The first-order valence-corrected chi connectivity index (χ1v) is 9.49. The molecule has 3 aromatic heterocycles. The van der Waals surface area contributed by atoms with Gasteiger partial charge in [0.25, 0.3) is 5.91 Å². The van der Waals surface area contributed by atoms with Crippen LogP contribution in [0, 0.1) is 0 Å². The number of carbonyl (C=O) groups is 1. The quantitative estimate of drug-likeness (QED) is 0.486. The monoisotopic (exact) mass is 394 g/mol. The van der Waals surface area contributed by atoms with Crippen LogP contribution in [0.1, 0.15) is 16.2 Å². The Hall–Kier alpha value is -4.10. The number of aromatic nitrogens is 4. The van der Waals surface area contributed by atoms with Gasteiger partial charge in [-0.1, -0.05) is 54.6 Å². The Bertz CT molecular complexity index is 1390. The van der Waals surface area contributed by atoms with E-state index in [0.29, 0.717) is 12.2 Å². The van der Waals surface area contributed by atoms with Crippen LogP contribution in [0.15, 0.2) is 72.9 Å². The first-order chi connectivity index (χ1) is 14.7. The van der Waals surface area contributed by atoms with Gasteiger partial charge in [-0.15, -0.1) is 10.2 Å². The maximum Gasteiger partial charge on any atom is 0.287 e. The number of fused-ring (bicyclic) bond motifs is 3. The first kappa shape index (κ1) is 18.0. The summed E-state index contributed by atoms with van der Waals surface area (Å²) in [5, 5.41) is 8.92. The summed E-state index contributed by atoms with van der Waals surface area (Å²) < 4.78 is 1.59. The number of benzene rings is 2. The smallest absolute Gasteiger partial charge is 0.287 e. The van der Waals surface area contributed by atoms with Crippen LogP contribution in [0.2, 0.25) is 0 Å². The molecule has 146 valence electrons. The van der Waals surface area contributed by atoms with Crippen LogP contribution in [-0.2, 0) is 6.54 Å². The SMILES string of the molecule is NCc1ccc(-c2nc3ccn4c(C(N)=O)nnc4c3cc2-c2ccccc2)cc1. The van der Waals surface area contributed by atoms with E-state index in [1.54, 1.807) is 10.6 Å². The molecule has 0 saturated carbocycles. The highest BCUT2D eigenvalue weighted by Crippen LogP contribution is 2.34. The molecule has 2 aromatic carbocycles. The number of primary amides is 1. The highest BCUT2D eigenvalue weighted by atomic mass is 16.1. The summed E-state index contributed by atoms with van der Waals surface area (Å²) in [5.41, 5.74) is 17.4. The van der Waals surface area contributed by atoms with Gasteiger partial charge in [0.15, 0.2) is 5.65 Å². The molecule has 4 N–H and O–H groups in total. The molecule has 0 aliphatic rings. The maximum atomic E-state index is 11.7. The molecule has 0 aliphatic carbocycles. The van der Waals surface area contributed by atoms with Crippen LogP contribution >= 0.6 is 0 Å². The second-order valence-corrected chi connectivity index (χ2v) is 6.98. The van der Waals surface area contributed by atoms with Crippen molar-refractivity contribution in [2.75, 3.05) is 0 Å². The lowest BCUT2D eigenvalue weighted by molar-refractivity contribution is 0.0989. The molecule has 7 nitrogen and oxygen atoms in total. The van der Waals surface area contributed by atoms with Crippen molar-refractivity contribution in [1.29, 1.82) is 0 Å².